The van der Waals surface area contributed by atoms with Crippen LogP contribution in [0.2, 0.25) is 0 Å². The lowest BCUT2D eigenvalue weighted by Gasteiger charge is -2.22. The molecule has 0 spiro atoms. The molecule has 0 saturated carbocycles. The summed E-state index contributed by atoms with van der Waals surface area (Å²) in [6, 6.07) is 0.310. The van der Waals surface area contributed by atoms with Crippen LogP contribution in [0.25, 0.3) is 0 Å². The molecule has 0 aromatic heterocycles. The van der Waals surface area contributed by atoms with Crippen LogP contribution < -0.4 is 5.73 Å². The molecule has 1 rings (SSSR count). The Labute approximate surface area is 78.7 Å². The molecule has 4 heteroatoms. The smallest absolute Gasteiger partial charge is 0.304 e. The first-order valence-corrected chi connectivity index (χ1v) is 4.72. The van der Waals surface area contributed by atoms with Crippen LogP contribution >= 0.6 is 0 Å². The van der Waals surface area contributed by atoms with Gasteiger partial charge in [0.05, 0.1) is 6.42 Å². The molecule has 0 amide bonds. The van der Waals surface area contributed by atoms with Gasteiger partial charge in [-0.2, -0.15) is 0 Å². The average Bonchev–Trinajstić information content (AvgIpc) is 2.31. The van der Waals surface area contributed by atoms with Crippen LogP contribution in [0.1, 0.15) is 20.3 Å². The fourth-order valence-electron chi connectivity index (χ4n) is 1.77. The number of hydrogen-bond donors (Lipinski definition) is 2. The van der Waals surface area contributed by atoms with Crippen LogP contribution in [0.5, 0.6) is 0 Å². The normalized spacial score (nSPS) is 31.9. The Morgan fingerprint density at radius 1 is 1.69 bits per heavy atom. The zero-order valence-electron chi connectivity index (χ0n) is 8.23. The molecule has 0 bridgehead atoms. The lowest BCUT2D eigenvalue weighted by atomic mass is 10.1. The van der Waals surface area contributed by atoms with Crippen molar-refractivity contribution in [2.75, 3.05) is 13.1 Å². The maximum Gasteiger partial charge on any atom is 0.304 e. The topological polar surface area (TPSA) is 66.6 Å². The number of aliphatic carboxylic acids is 1. The van der Waals surface area contributed by atoms with Gasteiger partial charge in [-0.15, -0.1) is 0 Å². The third-order valence-electron chi connectivity index (χ3n) is 2.79. The largest absolute Gasteiger partial charge is 0.481 e. The highest BCUT2D eigenvalue weighted by molar-refractivity contribution is 5.67. The van der Waals surface area contributed by atoms with Crippen LogP contribution in [-0.4, -0.2) is 41.1 Å². The summed E-state index contributed by atoms with van der Waals surface area (Å²) in [7, 11) is 0. The molecule has 76 valence electrons. The van der Waals surface area contributed by atoms with Crippen LogP contribution in [0.4, 0.5) is 0 Å². The SMILES string of the molecule is CC1CN(C(C)CC(=O)O)CC1N. The minimum absolute atomic E-state index is 0.105. The van der Waals surface area contributed by atoms with Crippen molar-refractivity contribution in [2.24, 2.45) is 11.7 Å². The summed E-state index contributed by atoms with van der Waals surface area (Å²) >= 11 is 0. The first-order valence-electron chi connectivity index (χ1n) is 4.72. The highest BCUT2D eigenvalue weighted by atomic mass is 16.4. The first-order chi connectivity index (χ1) is 6.00. The number of rotatable bonds is 3. The highest BCUT2D eigenvalue weighted by Crippen LogP contribution is 2.18. The van der Waals surface area contributed by atoms with E-state index in [1.54, 1.807) is 0 Å². The van der Waals surface area contributed by atoms with Crippen LogP contribution in [0.15, 0.2) is 0 Å². The Hall–Kier alpha value is -0.610. The molecular formula is C9H18N2O2. The predicted octanol–water partition coefficient (Wildman–Crippen LogP) is 0.129. The van der Waals surface area contributed by atoms with Gasteiger partial charge in [0.15, 0.2) is 0 Å². The molecule has 0 radical (unpaired) electrons. The van der Waals surface area contributed by atoms with Crippen LogP contribution in [0.3, 0.4) is 0 Å². The summed E-state index contributed by atoms with van der Waals surface area (Å²) in [6.07, 6.45) is 0.208. The van der Waals surface area contributed by atoms with Gasteiger partial charge in [-0.05, 0) is 12.8 Å². The first kappa shape index (κ1) is 10.5. The van der Waals surface area contributed by atoms with Crippen molar-refractivity contribution in [1.29, 1.82) is 0 Å². The van der Waals surface area contributed by atoms with E-state index in [4.69, 9.17) is 10.8 Å². The standard InChI is InChI=1S/C9H18N2O2/c1-6-4-11(5-8(6)10)7(2)3-9(12)13/h6-8H,3-5,10H2,1-2H3,(H,12,13). The van der Waals surface area contributed by atoms with Gasteiger partial charge in [0, 0.05) is 25.2 Å². The zero-order valence-corrected chi connectivity index (χ0v) is 8.23. The molecule has 3 atom stereocenters. The number of carboxylic acid groups (broad SMARTS) is 1. The molecule has 3 N–H and O–H groups in total. The third-order valence-corrected chi connectivity index (χ3v) is 2.79. The number of carbonyl (C=O) groups is 1. The van der Waals surface area contributed by atoms with E-state index in [0.717, 1.165) is 13.1 Å². The lowest BCUT2D eigenvalue weighted by molar-refractivity contribution is -0.138. The molecule has 4 nitrogen and oxygen atoms in total. The number of nitrogens with zero attached hydrogens (tertiary/aromatic N) is 1. The molecule has 0 aliphatic carbocycles. The molecule has 1 fully saturated rings. The molecule has 0 aromatic rings. The molecule has 1 saturated heterocycles. The second-order valence-corrected chi connectivity index (χ2v) is 4.04. The van der Waals surface area contributed by atoms with Gasteiger partial charge < -0.3 is 10.8 Å². The fourth-order valence-corrected chi connectivity index (χ4v) is 1.77. The highest BCUT2D eigenvalue weighted by Gasteiger charge is 2.30. The van der Waals surface area contributed by atoms with Crippen molar-refractivity contribution in [3.63, 3.8) is 0 Å². The summed E-state index contributed by atoms with van der Waals surface area (Å²) in [4.78, 5) is 12.6. The van der Waals surface area contributed by atoms with Crippen molar-refractivity contribution >= 4 is 5.97 Å². The van der Waals surface area contributed by atoms with E-state index in [-0.39, 0.29) is 18.5 Å². The van der Waals surface area contributed by atoms with Crippen molar-refractivity contribution in [1.82, 2.24) is 4.90 Å². The number of nitrogens with two attached hydrogens (primary N) is 1. The molecule has 1 heterocycles. The average molecular weight is 186 g/mol. The number of likely N-dealkylation sites (tertiary alicyclic amines) is 1. The summed E-state index contributed by atoms with van der Waals surface area (Å²) in [5.41, 5.74) is 5.85. The van der Waals surface area contributed by atoms with Gasteiger partial charge in [-0.25, -0.2) is 0 Å². The van der Waals surface area contributed by atoms with Crippen LogP contribution in [0, 0.1) is 5.92 Å². The minimum atomic E-state index is -0.736. The Morgan fingerprint density at radius 3 is 2.69 bits per heavy atom. The summed E-state index contributed by atoms with van der Waals surface area (Å²) in [5, 5.41) is 8.62. The summed E-state index contributed by atoms with van der Waals surface area (Å²) in [6.45, 7) is 5.81. The Bertz CT molecular complexity index is 186. The van der Waals surface area contributed by atoms with E-state index in [9.17, 15) is 4.79 Å². The molecular weight excluding hydrogens is 168 g/mol. The van der Waals surface area contributed by atoms with Crippen molar-refractivity contribution in [2.45, 2.75) is 32.4 Å². The maximum absolute atomic E-state index is 10.5. The number of carboxylic acids is 1. The van der Waals surface area contributed by atoms with Crippen molar-refractivity contribution < 1.29 is 9.90 Å². The summed E-state index contributed by atoms with van der Waals surface area (Å²) < 4.78 is 0. The fraction of sp³-hybridized carbons (Fsp3) is 0.889. The van der Waals surface area contributed by atoms with E-state index in [1.165, 1.54) is 0 Å². The van der Waals surface area contributed by atoms with E-state index < -0.39 is 5.97 Å². The Kier molecular flexibility index (Phi) is 3.27. The van der Waals surface area contributed by atoms with E-state index in [1.807, 2.05) is 6.92 Å². The van der Waals surface area contributed by atoms with Gasteiger partial charge in [0.25, 0.3) is 0 Å². The van der Waals surface area contributed by atoms with Crippen LogP contribution in [-0.2, 0) is 4.79 Å². The van der Waals surface area contributed by atoms with Gasteiger partial charge in [0.2, 0.25) is 0 Å². The Morgan fingerprint density at radius 2 is 2.31 bits per heavy atom. The minimum Gasteiger partial charge on any atom is -0.481 e. The maximum atomic E-state index is 10.5. The lowest BCUT2D eigenvalue weighted by Crippen LogP contribution is -2.35. The monoisotopic (exact) mass is 186 g/mol. The van der Waals surface area contributed by atoms with E-state index >= 15 is 0 Å². The molecule has 1 aliphatic heterocycles. The Balaban J connectivity index is 2.41. The van der Waals surface area contributed by atoms with Crippen molar-refractivity contribution in [3.8, 4) is 0 Å². The zero-order chi connectivity index (χ0) is 10.0. The quantitative estimate of drug-likeness (QED) is 0.657. The van der Waals surface area contributed by atoms with E-state index in [2.05, 4.69) is 11.8 Å². The van der Waals surface area contributed by atoms with Gasteiger partial charge in [-0.1, -0.05) is 6.92 Å². The molecule has 13 heavy (non-hydrogen) atoms. The molecule has 0 aromatic carbocycles. The predicted molar refractivity (Wildman–Crippen MR) is 50.4 cm³/mol. The second kappa shape index (κ2) is 4.07. The van der Waals surface area contributed by atoms with E-state index in [0.29, 0.717) is 5.92 Å². The molecule has 3 unspecified atom stereocenters. The summed E-state index contributed by atoms with van der Waals surface area (Å²) in [5.74, 6) is -0.253. The second-order valence-electron chi connectivity index (χ2n) is 4.04. The van der Waals surface area contributed by atoms with Gasteiger partial charge >= 0.3 is 5.97 Å². The van der Waals surface area contributed by atoms with Gasteiger partial charge in [-0.3, -0.25) is 9.69 Å². The molecule has 1 aliphatic rings. The van der Waals surface area contributed by atoms with Crippen molar-refractivity contribution in [3.05, 3.63) is 0 Å². The van der Waals surface area contributed by atoms with Gasteiger partial charge in [0.1, 0.15) is 0 Å². The third kappa shape index (κ3) is 2.67. The number of hydrogen-bond acceptors (Lipinski definition) is 3.